The fraction of sp³-hybridized carbons (Fsp3) is 0.200. The van der Waals surface area contributed by atoms with E-state index >= 15 is 0 Å². The standard InChI is InChI=1S/C30H24N2O6S/c1-15-4-10-21-23(12-15)39-30(31-21)32-25(17-5-7-18(8-6-17)29(36)37-3)24(27(34)28(32)35)26(33)19-9-11-22-20(14-19)13-16(2)38-22/h4-12,14,16,25,33H,13H2,1-3H3/b26-24+/t16-,25+/m1/s1. The SMILES string of the molecule is COC(=O)c1ccc([C@H]2/C(=C(\O)c3ccc4c(c3)C[C@@H](C)O4)C(=O)C(=O)N2c2nc3ccc(C)cc3s2)cc1. The van der Waals surface area contributed by atoms with Gasteiger partial charge in [0.05, 0.1) is 34.5 Å². The molecule has 8 nitrogen and oxygen atoms in total. The fourth-order valence-electron chi connectivity index (χ4n) is 5.11. The molecule has 1 fully saturated rings. The van der Waals surface area contributed by atoms with Crippen LogP contribution < -0.4 is 9.64 Å². The first-order valence-electron chi connectivity index (χ1n) is 12.4. The number of esters is 1. The van der Waals surface area contributed by atoms with Gasteiger partial charge in [0.15, 0.2) is 5.13 Å². The molecule has 3 heterocycles. The van der Waals surface area contributed by atoms with E-state index < -0.39 is 23.7 Å². The Kier molecular flexibility index (Phi) is 5.95. The Labute approximate surface area is 228 Å². The summed E-state index contributed by atoms with van der Waals surface area (Å²) in [4.78, 5) is 45.1. The highest BCUT2D eigenvalue weighted by atomic mass is 32.1. The second-order valence-corrected chi connectivity index (χ2v) is 10.7. The van der Waals surface area contributed by atoms with Crippen LogP contribution in [0.4, 0.5) is 5.13 Å². The van der Waals surface area contributed by atoms with Crippen LogP contribution in [0.25, 0.3) is 16.0 Å². The summed E-state index contributed by atoms with van der Waals surface area (Å²) in [5, 5.41) is 11.8. The van der Waals surface area contributed by atoms with Gasteiger partial charge in [-0.05, 0) is 73.0 Å². The molecule has 6 rings (SSSR count). The van der Waals surface area contributed by atoms with Crippen molar-refractivity contribution in [2.24, 2.45) is 0 Å². The maximum atomic E-state index is 13.5. The van der Waals surface area contributed by atoms with Crippen molar-refractivity contribution in [3.8, 4) is 5.75 Å². The molecule has 1 N–H and O–H groups in total. The van der Waals surface area contributed by atoms with Crippen molar-refractivity contribution < 1.29 is 29.0 Å². The molecule has 2 aliphatic heterocycles. The second kappa shape index (κ2) is 9.36. The van der Waals surface area contributed by atoms with Crippen molar-refractivity contribution in [2.45, 2.75) is 32.4 Å². The molecule has 0 bridgehead atoms. The van der Waals surface area contributed by atoms with Crippen molar-refractivity contribution in [3.05, 3.63) is 94.1 Å². The molecule has 1 amide bonds. The van der Waals surface area contributed by atoms with Gasteiger partial charge in [0, 0.05) is 12.0 Å². The molecule has 2 aliphatic rings. The van der Waals surface area contributed by atoms with Crippen LogP contribution >= 0.6 is 11.3 Å². The lowest BCUT2D eigenvalue weighted by Gasteiger charge is -2.23. The zero-order chi connectivity index (χ0) is 27.4. The number of Topliss-reactive ketones (excluding diaryl/α,β-unsaturated/α-hetero) is 1. The van der Waals surface area contributed by atoms with Gasteiger partial charge in [-0.2, -0.15) is 0 Å². The smallest absolute Gasteiger partial charge is 0.337 e. The van der Waals surface area contributed by atoms with Gasteiger partial charge in [-0.1, -0.05) is 29.5 Å². The molecule has 0 radical (unpaired) electrons. The third-order valence-corrected chi connectivity index (χ3v) is 8.02. The first-order chi connectivity index (χ1) is 18.7. The molecule has 39 heavy (non-hydrogen) atoms. The number of aryl methyl sites for hydroxylation is 1. The molecule has 0 unspecified atom stereocenters. The highest BCUT2D eigenvalue weighted by Gasteiger charge is 2.48. The van der Waals surface area contributed by atoms with Crippen molar-refractivity contribution in [2.75, 3.05) is 12.0 Å². The number of carbonyl (C=O) groups is 3. The number of ether oxygens (including phenoxy) is 2. The lowest BCUT2D eigenvalue weighted by atomic mass is 9.94. The minimum atomic E-state index is -0.957. The number of hydrogen-bond acceptors (Lipinski definition) is 8. The lowest BCUT2D eigenvalue weighted by molar-refractivity contribution is -0.132. The molecule has 1 saturated heterocycles. The van der Waals surface area contributed by atoms with Gasteiger partial charge >= 0.3 is 11.9 Å². The summed E-state index contributed by atoms with van der Waals surface area (Å²) in [6, 6.07) is 16.5. The molecular weight excluding hydrogens is 516 g/mol. The number of methoxy groups -OCH3 is 1. The van der Waals surface area contributed by atoms with Crippen LogP contribution in [0.5, 0.6) is 5.75 Å². The molecule has 3 aromatic carbocycles. The Bertz CT molecular complexity index is 1700. The van der Waals surface area contributed by atoms with Crippen LogP contribution in [-0.4, -0.2) is 41.0 Å². The summed E-state index contributed by atoms with van der Waals surface area (Å²) in [6.07, 6.45) is 0.688. The van der Waals surface area contributed by atoms with Gasteiger partial charge in [-0.25, -0.2) is 9.78 Å². The zero-order valence-corrected chi connectivity index (χ0v) is 22.2. The van der Waals surface area contributed by atoms with Crippen molar-refractivity contribution in [3.63, 3.8) is 0 Å². The molecule has 0 spiro atoms. The van der Waals surface area contributed by atoms with Crippen molar-refractivity contribution in [1.29, 1.82) is 0 Å². The predicted octanol–water partition coefficient (Wildman–Crippen LogP) is 5.34. The summed E-state index contributed by atoms with van der Waals surface area (Å²) < 4.78 is 11.5. The molecule has 196 valence electrons. The minimum Gasteiger partial charge on any atom is -0.507 e. The van der Waals surface area contributed by atoms with Gasteiger partial charge in [-0.15, -0.1) is 0 Å². The van der Waals surface area contributed by atoms with Crippen molar-refractivity contribution >= 4 is 50.1 Å². The maximum absolute atomic E-state index is 13.5. The van der Waals surface area contributed by atoms with Gasteiger partial charge in [0.25, 0.3) is 5.78 Å². The molecule has 1 aromatic heterocycles. The number of aliphatic hydroxyl groups excluding tert-OH is 1. The molecule has 0 saturated carbocycles. The Hall–Kier alpha value is -4.50. The summed E-state index contributed by atoms with van der Waals surface area (Å²) in [5.41, 5.74) is 3.90. The number of anilines is 1. The molecule has 0 aliphatic carbocycles. The van der Waals surface area contributed by atoms with Crippen LogP contribution in [-0.2, 0) is 20.7 Å². The number of amides is 1. The zero-order valence-electron chi connectivity index (χ0n) is 21.4. The largest absolute Gasteiger partial charge is 0.507 e. The summed E-state index contributed by atoms with van der Waals surface area (Å²) in [7, 11) is 1.29. The average molecular weight is 541 g/mol. The normalized spacial score (nSPS) is 19.8. The highest BCUT2D eigenvalue weighted by molar-refractivity contribution is 7.22. The highest BCUT2D eigenvalue weighted by Crippen LogP contribution is 2.45. The fourth-order valence-corrected chi connectivity index (χ4v) is 6.20. The third kappa shape index (κ3) is 4.15. The van der Waals surface area contributed by atoms with E-state index in [1.165, 1.54) is 23.3 Å². The van der Waals surface area contributed by atoms with E-state index in [1.807, 2.05) is 32.0 Å². The van der Waals surface area contributed by atoms with Crippen LogP contribution in [0.15, 0.2) is 66.2 Å². The van der Waals surface area contributed by atoms with Crippen LogP contribution in [0, 0.1) is 6.92 Å². The lowest BCUT2D eigenvalue weighted by Crippen LogP contribution is -2.29. The van der Waals surface area contributed by atoms with Crippen molar-refractivity contribution in [1.82, 2.24) is 4.98 Å². The number of hydrogen-bond donors (Lipinski definition) is 1. The van der Waals surface area contributed by atoms with Crippen LogP contribution in [0.2, 0.25) is 0 Å². The number of thiazole rings is 1. The second-order valence-electron chi connectivity index (χ2n) is 9.71. The topological polar surface area (TPSA) is 106 Å². The first-order valence-corrected chi connectivity index (χ1v) is 13.2. The summed E-state index contributed by atoms with van der Waals surface area (Å²) in [5.74, 6) is -1.65. The number of nitrogens with zero attached hydrogens (tertiary/aromatic N) is 2. The Morgan fingerprint density at radius 3 is 2.56 bits per heavy atom. The minimum absolute atomic E-state index is 0.0129. The predicted molar refractivity (Wildman–Crippen MR) is 147 cm³/mol. The average Bonchev–Trinajstić information content (AvgIpc) is 3.59. The van der Waals surface area contributed by atoms with E-state index in [2.05, 4.69) is 4.98 Å². The van der Waals surface area contributed by atoms with Crippen LogP contribution in [0.3, 0.4) is 0 Å². The van der Waals surface area contributed by atoms with E-state index in [0.29, 0.717) is 33.8 Å². The molecule has 4 aromatic rings. The number of aliphatic hydroxyl groups is 1. The Balaban J connectivity index is 1.52. The van der Waals surface area contributed by atoms with E-state index in [-0.39, 0.29) is 17.4 Å². The molecule has 2 atom stereocenters. The number of aromatic nitrogens is 1. The van der Waals surface area contributed by atoms with E-state index in [1.54, 1.807) is 42.5 Å². The van der Waals surface area contributed by atoms with Gasteiger partial charge in [0.2, 0.25) is 0 Å². The monoisotopic (exact) mass is 540 g/mol. The quantitative estimate of drug-likeness (QED) is 0.161. The summed E-state index contributed by atoms with van der Waals surface area (Å²) in [6.45, 7) is 3.93. The van der Waals surface area contributed by atoms with E-state index in [9.17, 15) is 19.5 Å². The number of fused-ring (bicyclic) bond motifs is 2. The van der Waals surface area contributed by atoms with E-state index in [4.69, 9.17) is 9.47 Å². The maximum Gasteiger partial charge on any atom is 0.337 e. The number of rotatable bonds is 4. The summed E-state index contributed by atoms with van der Waals surface area (Å²) >= 11 is 1.30. The van der Waals surface area contributed by atoms with Gasteiger partial charge in [-0.3, -0.25) is 14.5 Å². The van der Waals surface area contributed by atoms with Gasteiger partial charge in [0.1, 0.15) is 17.6 Å². The Morgan fingerprint density at radius 1 is 1.08 bits per heavy atom. The van der Waals surface area contributed by atoms with E-state index in [0.717, 1.165) is 21.6 Å². The number of ketones is 1. The third-order valence-electron chi connectivity index (χ3n) is 7.00. The first kappa shape index (κ1) is 24.8. The molecule has 9 heteroatoms. The van der Waals surface area contributed by atoms with Gasteiger partial charge < -0.3 is 14.6 Å². The Morgan fingerprint density at radius 2 is 1.82 bits per heavy atom. The van der Waals surface area contributed by atoms with Crippen LogP contribution in [0.1, 0.15) is 45.6 Å². The number of benzene rings is 3. The molecular formula is C30H24N2O6S. The number of carbonyl (C=O) groups excluding carboxylic acids is 3.